The van der Waals surface area contributed by atoms with Gasteiger partial charge in [-0.3, -0.25) is 19.8 Å². The summed E-state index contributed by atoms with van der Waals surface area (Å²) in [5.41, 5.74) is 1.81. The predicted molar refractivity (Wildman–Crippen MR) is 116 cm³/mol. The molecule has 3 rings (SSSR count). The molecule has 1 saturated heterocycles. The van der Waals surface area contributed by atoms with Gasteiger partial charge in [0.1, 0.15) is 11.1 Å². The van der Waals surface area contributed by atoms with E-state index in [1.54, 1.807) is 31.2 Å². The summed E-state index contributed by atoms with van der Waals surface area (Å²) in [6.45, 7) is 3.64. The highest BCUT2D eigenvalue weighted by Crippen LogP contribution is 2.42. The lowest BCUT2D eigenvalue weighted by molar-refractivity contribution is -0.384. The zero-order chi connectivity index (χ0) is 22.5. The van der Waals surface area contributed by atoms with E-state index in [0.717, 1.165) is 17.3 Å². The first kappa shape index (κ1) is 22.1. The molecule has 0 spiro atoms. The van der Waals surface area contributed by atoms with Crippen LogP contribution in [0.3, 0.4) is 0 Å². The highest BCUT2D eigenvalue weighted by atomic mass is 32.2. The largest absolute Gasteiger partial charge is 0.462 e. The number of nitriles is 1. The van der Waals surface area contributed by atoms with Crippen molar-refractivity contribution < 1.29 is 19.2 Å². The minimum atomic E-state index is -0.798. The molecule has 0 saturated carbocycles. The molecule has 0 radical (unpaired) electrons. The first-order valence-corrected chi connectivity index (χ1v) is 10.4. The second-order valence-corrected chi connectivity index (χ2v) is 7.95. The van der Waals surface area contributed by atoms with Gasteiger partial charge in [-0.25, -0.2) is 4.79 Å². The third-order valence-electron chi connectivity index (χ3n) is 4.59. The van der Waals surface area contributed by atoms with E-state index < -0.39 is 16.1 Å². The summed E-state index contributed by atoms with van der Waals surface area (Å²) in [4.78, 5) is 37.6. The summed E-state index contributed by atoms with van der Waals surface area (Å²) < 4.78 is 5.00. The van der Waals surface area contributed by atoms with Gasteiger partial charge in [0.15, 0.2) is 5.57 Å². The first-order chi connectivity index (χ1) is 14.8. The Morgan fingerprint density at radius 3 is 2.61 bits per heavy atom. The standard InChI is InChI=1S/C22H19N3O5S/c1-3-30-22(27)18(13-23)21-24(16-9-7-14(2)8-10-16)20(26)19(31-21)12-15-5-4-6-17(11-15)25(28)29/h4-11,19H,3,12H2,1-2H3/b21-18-/t19-/m0/s1. The normalized spacial score (nSPS) is 17.3. The fourth-order valence-corrected chi connectivity index (χ4v) is 4.41. The maximum absolute atomic E-state index is 13.3. The molecule has 1 aliphatic heterocycles. The van der Waals surface area contributed by atoms with Crippen LogP contribution in [0.25, 0.3) is 0 Å². The molecule has 1 fully saturated rings. The Bertz CT molecular complexity index is 1100. The van der Waals surface area contributed by atoms with Gasteiger partial charge in [0, 0.05) is 17.8 Å². The number of carbonyl (C=O) groups is 2. The number of esters is 1. The molecule has 2 aromatic rings. The van der Waals surface area contributed by atoms with Crippen LogP contribution in [0.4, 0.5) is 11.4 Å². The molecule has 0 N–H and O–H groups in total. The number of benzene rings is 2. The highest BCUT2D eigenvalue weighted by Gasteiger charge is 2.41. The lowest BCUT2D eigenvalue weighted by atomic mass is 10.1. The van der Waals surface area contributed by atoms with Gasteiger partial charge in [0.2, 0.25) is 5.91 Å². The number of rotatable bonds is 6. The molecule has 0 aromatic heterocycles. The van der Waals surface area contributed by atoms with E-state index >= 15 is 0 Å². The van der Waals surface area contributed by atoms with Gasteiger partial charge in [-0.2, -0.15) is 5.26 Å². The number of ether oxygens (including phenoxy) is 1. The van der Waals surface area contributed by atoms with E-state index in [9.17, 15) is 25.0 Å². The Labute approximate surface area is 183 Å². The molecule has 0 aliphatic carbocycles. The van der Waals surface area contributed by atoms with Crippen molar-refractivity contribution in [2.45, 2.75) is 25.5 Å². The van der Waals surface area contributed by atoms with E-state index in [1.807, 2.05) is 25.1 Å². The summed E-state index contributed by atoms with van der Waals surface area (Å²) in [7, 11) is 0. The molecule has 158 valence electrons. The van der Waals surface area contributed by atoms with Crippen molar-refractivity contribution >= 4 is 35.0 Å². The van der Waals surface area contributed by atoms with Crippen molar-refractivity contribution in [3.05, 3.63) is 80.4 Å². The van der Waals surface area contributed by atoms with Crippen molar-refractivity contribution in [2.75, 3.05) is 11.5 Å². The number of carbonyl (C=O) groups excluding carboxylic acids is 2. The summed E-state index contributed by atoms with van der Waals surface area (Å²) >= 11 is 1.08. The Morgan fingerprint density at radius 1 is 1.29 bits per heavy atom. The Hall–Kier alpha value is -3.64. The number of hydrogen-bond acceptors (Lipinski definition) is 7. The van der Waals surface area contributed by atoms with Gasteiger partial charge in [0.05, 0.1) is 16.8 Å². The zero-order valence-corrected chi connectivity index (χ0v) is 17.7. The number of aryl methyl sites for hydroxylation is 1. The Morgan fingerprint density at radius 2 is 2.00 bits per heavy atom. The molecule has 0 unspecified atom stereocenters. The third kappa shape index (κ3) is 4.75. The Kier molecular flexibility index (Phi) is 6.72. The molecule has 9 heteroatoms. The van der Waals surface area contributed by atoms with E-state index in [0.29, 0.717) is 11.3 Å². The number of thioether (sulfide) groups is 1. The van der Waals surface area contributed by atoms with Gasteiger partial charge in [-0.05, 0) is 38.0 Å². The predicted octanol–water partition coefficient (Wildman–Crippen LogP) is 3.89. The maximum Gasteiger partial charge on any atom is 0.351 e. The van der Waals surface area contributed by atoms with Crippen molar-refractivity contribution in [3.8, 4) is 6.07 Å². The lowest BCUT2D eigenvalue weighted by Gasteiger charge is -2.18. The topological polar surface area (TPSA) is 114 Å². The monoisotopic (exact) mass is 437 g/mol. The van der Waals surface area contributed by atoms with Crippen LogP contribution < -0.4 is 4.90 Å². The fourth-order valence-electron chi connectivity index (χ4n) is 3.12. The van der Waals surface area contributed by atoms with Crippen LogP contribution in [-0.4, -0.2) is 28.7 Å². The minimum absolute atomic E-state index is 0.0664. The smallest absolute Gasteiger partial charge is 0.351 e. The van der Waals surface area contributed by atoms with Crippen molar-refractivity contribution in [1.82, 2.24) is 0 Å². The molecule has 0 bridgehead atoms. The van der Waals surface area contributed by atoms with E-state index in [-0.39, 0.29) is 35.2 Å². The Balaban J connectivity index is 2.03. The van der Waals surface area contributed by atoms with Crippen LogP contribution in [0.15, 0.2) is 59.1 Å². The van der Waals surface area contributed by atoms with Crippen molar-refractivity contribution in [3.63, 3.8) is 0 Å². The van der Waals surface area contributed by atoms with Crippen LogP contribution in [0, 0.1) is 28.4 Å². The van der Waals surface area contributed by atoms with Gasteiger partial charge >= 0.3 is 5.97 Å². The minimum Gasteiger partial charge on any atom is -0.462 e. The van der Waals surface area contributed by atoms with Gasteiger partial charge in [0.25, 0.3) is 5.69 Å². The number of nitro groups is 1. The second kappa shape index (κ2) is 9.45. The molecule has 1 amide bonds. The highest BCUT2D eigenvalue weighted by molar-refractivity contribution is 8.05. The SMILES string of the molecule is CCOC(=O)/C(C#N)=C1\S[C@@H](Cc2cccc([N+](=O)[O-])c2)C(=O)N1c1ccc(C)cc1. The lowest BCUT2D eigenvalue weighted by Crippen LogP contribution is -2.30. The van der Waals surface area contributed by atoms with E-state index in [1.165, 1.54) is 17.0 Å². The summed E-state index contributed by atoms with van der Waals surface area (Å²) in [5, 5.41) is 20.2. The van der Waals surface area contributed by atoms with Gasteiger partial charge in [-0.1, -0.05) is 41.6 Å². The van der Waals surface area contributed by atoms with Crippen molar-refractivity contribution in [1.29, 1.82) is 5.26 Å². The van der Waals surface area contributed by atoms with Crippen LogP contribution in [-0.2, 0) is 20.7 Å². The number of hydrogen-bond donors (Lipinski definition) is 0. The number of nitro benzene ring substituents is 1. The molecule has 1 atom stereocenters. The van der Waals surface area contributed by atoms with E-state index in [2.05, 4.69) is 0 Å². The van der Waals surface area contributed by atoms with Gasteiger partial charge < -0.3 is 4.74 Å². The molecular weight excluding hydrogens is 418 g/mol. The van der Waals surface area contributed by atoms with Crippen LogP contribution in [0.2, 0.25) is 0 Å². The zero-order valence-electron chi connectivity index (χ0n) is 16.9. The van der Waals surface area contributed by atoms with Crippen LogP contribution in [0.1, 0.15) is 18.1 Å². The average Bonchev–Trinajstić information content (AvgIpc) is 3.05. The summed E-state index contributed by atoms with van der Waals surface area (Å²) in [6, 6.07) is 15.1. The quantitative estimate of drug-likeness (QED) is 0.221. The second-order valence-electron chi connectivity index (χ2n) is 6.76. The maximum atomic E-state index is 13.3. The fraction of sp³-hybridized carbons (Fsp3) is 0.227. The van der Waals surface area contributed by atoms with E-state index in [4.69, 9.17) is 4.74 Å². The molecule has 2 aromatic carbocycles. The van der Waals surface area contributed by atoms with Crippen molar-refractivity contribution in [2.24, 2.45) is 0 Å². The number of anilines is 1. The van der Waals surface area contributed by atoms with Crippen LogP contribution in [0.5, 0.6) is 0 Å². The molecule has 1 heterocycles. The molecule has 31 heavy (non-hydrogen) atoms. The van der Waals surface area contributed by atoms with Gasteiger partial charge in [-0.15, -0.1) is 0 Å². The summed E-state index contributed by atoms with van der Waals surface area (Å²) in [6.07, 6.45) is 0.207. The number of non-ortho nitro benzene ring substituents is 1. The first-order valence-electron chi connectivity index (χ1n) is 9.47. The number of amides is 1. The molecule has 1 aliphatic rings. The summed E-state index contributed by atoms with van der Waals surface area (Å²) in [5.74, 6) is -1.11. The molecular formula is C22H19N3O5S. The average molecular weight is 437 g/mol. The number of nitrogens with zero attached hydrogens (tertiary/aromatic N) is 3. The van der Waals surface area contributed by atoms with Crippen LogP contribution >= 0.6 is 11.8 Å². The third-order valence-corrected chi connectivity index (χ3v) is 5.86. The molecule has 8 nitrogen and oxygen atoms in total.